The van der Waals surface area contributed by atoms with E-state index in [9.17, 15) is 18.0 Å². The molecule has 0 saturated carbocycles. The molecular weight excluding hydrogens is 339 g/mol. The van der Waals surface area contributed by atoms with Gasteiger partial charge in [0.15, 0.2) is 0 Å². The normalized spacial score (nSPS) is 11.2. The summed E-state index contributed by atoms with van der Waals surface area (Å²) in [5.41, 5.74) is 2.30. The Balaban J connectivity index is 1.97. The minimum absolute atomic E-state index is 0.324. The second kappa shape index (κ2) is 7.04. The minimum atomic E-state index is -4.39. The van der Waals surface area contributed by atoms with Crippen molar-refractivity contribution in [1.82, 2.24) is 0 Å². The lowest BCUT2D eigenvalue weighted by molar-refractivity contribution is -0.137. The van der Waals surface area contributed by atoms with Crippen LogP contribution in [0.1, 0.15) is 21.5 Å². The number of nitrogens with one attached hydrogen (secondary N) is 1. The number of hydrogen-bond donors (Lipinski definition) is 1. The molecule has 3 aromatic rings. The van der Waals surface area contributed by atoms with Gasteiger partial charge in [-0.05, 0) is 54.4 Å². The zero-order valence-corrected chi connectivity index (χ0v) is 13.9. The van der Waals surface area contributed by atoms with Crippen LogP contribution in [0, 0.1) is 13.0 Å². The number of carbonyl (C=O) groups is 1. The molecule has 1 N–H and O–H groups in total. The first-order valence-corrected chi connectivity index (χ1v) is 7.90. The first-order chi connectivity index (χ1) is 12.3. The molecule has 1 radical (unpaired) electrons. The van der Waals surface area contributed by atoms with Crippen molar-refractivity contribution in [2.24, 2.45) is 0 Å². The maximum Gasteiger partial charge on any atom is 0.416 e. The number of anilines is 1. The van der Waals surface area contributed by atoms with E-state index in [-0.39, 0.29) is 5.91 Å². The van der Waals surface area contributed by atoms with Gasteiger partial charge in [0.25, 0.3) is 5.91 Å². The molecular formula is C21H15F3NO. The molecule has 0 atom stereocenters. The van der Waals surface area contributed by atoms with E-state index in [2.05, 4.69) is 11.4 Å². The van der Waals surface area contributed by atoms with Gasteiger partial charge in [-0.1, -0.05) is 42.0 Å². The Bertz CT molecular complexity index is 916. The third-order valence-electron chi connectivity index (χ3n) is 3.92. The second-order valence-corrected chi connectivity index (χ2v) is 5.87. The van der Waals surface area contributed by atoms with Gasteiger partial charge in [0.2, 0.25) is 0 Å². The predicted octanol–water partition coefficient (Wildman–Crippen LogP) is 5.73. The van der Waals surface area contributed by atoms with Crippen LogP contribution in [-0.2, 0) is 6.18 Å². The average Bonchev–Trinajstić information content (AvgIpc) is 2.62. The van der Waals surface area contributed by atoms with Crippen LogP contribution in [0.4, 0.5) is 18.9 Å². The first kappa shape index (κ1) is 17.7. The Labute approximate surface area is 149 Å². The van der Waals surface area contributed by atoms with E-state index in [0.717, 1.165) is 17.7 Å². The molecule has 0 heterocycles. The van der Waals surface area contributed by atoms with Crippen LogP contribution < -0.4 is 5.32 Å². The van der Waals surface area contributed by atoms with Gasteiger partial charge in [0.1, 0.15) is 0 Å². The van der Waals surface area contributed by atoms with Crippen LogP contribution in [-0.4, -0.2) is 5.91 Å². The quantitative estimate of drug-likeness (QED) is 0.639. The van der Waals surface area contributed by atoms with E-state index in [4.69, 9.17) is 0 Å². The molecule has 0 aliphatic heterocycles. The number of hydrogen-bond acceptors (Lipinski definition) is 1. The Morgan fingerprint density at radius 2 is 1.62 bits per heavy atom. The van der Waals surface area contributed by atoms with Crippen molar-refractivity contribution in [2.45, 2.75) is 13.1 Å². The van der Waals surface area contributed by atoms with Crippen molar-refractivity contribution in [1.29, 1.82) is 0 Å². The maximum absolute atomic E-state index is 12.8. The molecule has 1 amide bonds. The topological polar surface area (TPSA) is 29.1 Å². The van der Waals surface area contributed by atoms with Gasteiger partial charge in [0.05, 0.1) is 5.56 Å². The van der Waals surface area contributed by atoms with Crippen molar-refractivity contribution in [2.75, 3.05) is 5.32 Å². The Morgan fingerprint density at radius 1 is 0.962 bits per heavy atom. The summed E-state index contributed by atoms with van der Waals surface area (Å²) in [5.74, 6) is -0.324. The molecule has 3 rings (SSSR count). The van der Waals surface area contributed by atoms with Gasteiger partial charge in [-0.2, -0.15) is 13.2 Å². The number of rotatable bonds is 3. The lowest BCUT2D eigenvalue weighted by atomic mass is 9.96. The van der Waals surface area contributed by atoms with Gasteiger partial charge in [-0.25, -0.2) is 0 Å². The first-order valence-electron chi connectivity index (χ1n) is 7.90. The van der Waals surface area contributed by atoms with E-state index in [1.807, 2.05) is 13.0 Å². The molecule has 2 nitrogen and oxygen atoms in total. The number of amides is 1. The lowest BCUT2D eigenvalue weighted by Crippen LogP contribution is -2.13. The molecule has 26 heavy (non-hydrogen) atoms. The Hall–Kier alpha value is -3.08. The molecule has 0 saturated heterocycles. The van der Waals surface area contributed by atoms with Gasteiger partial charge in [-0.15, -0.1) is 0 Å². The molecule has 0 spiro atoms. The average molecular weight is 354 g/mol. The zero-order chi connectivity index (χ0) is 18.7. The van der Waals surface area contributed by atoms with E-state index in [0.29, 0.717) is 22.4 Å². The Morgan fingerprint density at radius 3 is 2.23 bits per heavy atom. The molecule has 0 unspecified atom stereocenters. The minimum Gasteiger partial charge on any atom is -0.322 e. The summed E-state index contributed by atoms with van der Waals surface area (Å²) in [7, 11) is 0. The van der Waals surface area contributed by atoms with Crippen LogP contribution in [0.5, 0.6) is 0 Å². The summed E-state index contributed by atoms with van der Waals surface area (Å²) in [5, 5.41) is 2.79. The van der Waals surface area contributed by atoms with Gasteiger partial charge < -0.3 is 5.32 Å². The SMILES string of the molecule is Cc1ccc(-c2ccc(C(F)(F)F)cc2)c(C(=O)Nc2cc[c]cc2)c1. The van der Waals surface area contributed by atoms with Gasteiger partial charge in [0, 0.05) is 11.3 Å². The highest BCUT2D eigenvalue weighted by molar-refractivity contribution is 6.08. The zero-order valence-electron chi connectivity index (χ0n) is 13.9. The standard InChI is InChI=1S/C21H15F3NO/c1-14-7-12-18(15-8-10-16(11-9-15)21(22,23)24)19(13-14)20(26)25-17-5-3-2-4-6-17/h3-13H,1H3,(H,25,26). The molecule has 3 aromatic carbocycles. The van der Waals surface area contributed by atoms with Crippen LogP contribution in [0.3, 0.4) is 0 Å². The summed E-state index contributed by atoms with van der Waals surface area (Å²) < 4.78 is 38.3. The summed E-state index contributed by atoms with van der Waals surface area (Å²) >= 11 is 0. The highest BCUT2D eigenvalue weighted by Crippen LogP contribution is 2.32. The summed E-state index contributed by atoms with van der Waals surface area (Å²) in [4.78, 5) is 12.7. The predicted molar refractivity (Wildman–Crippen MR) is 94.8 cm³/mol. The van der Waals surface area contributed by atoms with Crippen LogP contribution >= 0.6 is 0 Å². The fourth-order valence-corrected chi connectivity index (χ4v) is 2.61. The van der Waals surface area contributed by atoms with Crippen molar-refractivity contribution in [3.63, 3.8) is 0 Å². The third-order valence-corrected chi connectivity index (χ3v) is 3.92. The molecule has 0 aliphatic rings. The van der Waals surface area contributed by atoms with E-state index in [1.54, 1.807) is 36.4 Å². The fourth-order valence-electron chi connectivity index (χ4n) is 2.61. The van der Waals surface area contributed by atoms with Crippen molar-refractivity contribution in [3.05, 3.63) is 89.5 Å². The van der Waals surface area contributed by atoms with E-state index in [1.165, 1.54) is 12.1 Å². The number of alkyl halides is 3. The highest BCUT2D eigenvalue weighted by atomic mass is 19.4. The molecule has 0 fully saturated rings. The smallest absolute Gasteiger partial charge is 0.322 e. The van der Waals surface area contributed by atoms with Crippen LogP contribution in [0.25, 0.3) is 11.1 Å². The van der Waals surface area contributed by atoms with Gasteiger partial charge in [-0.3, -0.25) is 4.79 Å². The van der Waals surface area contributed by atoms with Crippen molar-refractivity contribution >= 4 is 11.6 Å². The summed E-state index contributed by atoms with van der Waals surface area (Å²) in [6.07, 6.45) is -4.39. The largest absolute Gasteiger partial charge is 0.416 e. The maximum atomic E-state index is 12.8. The second-order valence-electron chi connectivity index (χ2n) is 5.87. The molecule has 0 aliphatic carbocycles. The van der Waals surface area contributed by atoms with Crippen molar-refractivity contribution < 1.29 is 18.0 Å². The molecule has 0 aromatic heterocycles. The number of carbonyl (C=O) groups excluding carboxylic acids is 1. The van der Waals surface area contributed by atoms with E-state index >= 15 is 0 Å². The summed E-state index contributed by atoms with van der Waals surface area (Å²) in [6, 6.07) is 19.7. The molecule has 131 valence electrons. The summed E-state index contributed by atoms with van der Waals surface area (Å²) in [6.45, 7) is 1.85. The monoisotopic (exact) mass is 354 g/mol. The van der Waals surface area contributed by atoms with Gasteiger partial charge >= 0.3 is 6.18 Å². The Kier molecular flexibility index (Phi) is 4.80. The van der Waals surface area contributed by atoms with Crippen LogP contribution in [0.2, 0.25) is 0 Å². The molecule has 0 bridgehead atoms. The lowest BCUT2D eigenvalue weighted by Gasteiger charge is -2.13. The van der Waals surface area contributed by atoms with Crippen molar-refractivity contribution in [3.8, 4) is 11.1 Å². The third kappa shape index (κ3) is 3.94. The highest BCUT2D eigenvalue weighted by Gasteiger charge is 2.30. The molecule has 5 heteroatoms. The van der Waals surface area contributed by atoms with Crippen LogP contribution in [0.15, 0.2) is 66.7 Å². The number of aryl methyl sites for hydroxylation is 1. The fraction of sp³-hybridized carbons (Fsp3) is 0.0952. The number of benzene rings is 3. The number of halogens is 3. The van der Waals surface area contributed by atoms with E-state index < -0.39 is 11.7 Å².